The second kappa shape index (κ2) is 9.66. The molecule has 172 valence electrons. The van der Waals surface area contributed by atoms with E-state index < -0.39 is 5.25 Å². The summed E-state index contributed by atoms with van der Waals surface area (Å²) in [6.45, 7) is 4.47. The fraction of sp³-hybridized carbons (Fsp3) is 0.333. The number of aryl methyl sites for hydroxylation is 1. The summed E-state index contributed by atoms with van der Waals surface area (Å²) >= 11 is 1.31. The molecule has 2 aromatic heterocycles. The quantitative estimate of drug-likeness (QED) is 0.269. The van der Waals surface area contributed by atoms with Crippen LogP contribution in [0.1, 0.15) is 37.0 Å². The van der Waals surface area contributed by atoms with Gasteiger partial charge in [0.25, 0.3) is 5.56 Å². The molecule has 0 saturated carbocycles. The molecule has 0 aliphatic carbocycles. The number of carbonyl (C=O) groups excluding carboxylic acids is 1. The third kappa shape index (κ3) is 4.20. The van der Waals surface area contributed by atoms with E-state index in [9.17, 15) is 9.59 Å². The number of carbonyl (C=O) groups is 1. The lowest BCUT2D eigenvalue weighted by Gasteiger charge is -2.13. The average molecular weight is 467 g/mol. The number of hydrogen-bond acceptors (Lipinski definition) is 7. The highest BCUT2D eigenvalue weighted by Crippen LogP contribution is 2.31. The van der Waals surface area contributed by atoms with Gasteiger partial charge in [-0.25, -0.2) is 0 Å². The molecule has 0 aliphatic heterocycles. The Labute approximate surface area is 195 Å². The van der Waals surface area contributed by atoms with Crippen molar-refractivity contribution in [2.24, 2.45) is 0 Å². The molecular formula is C24H26N4O4S. The number of nitrogens with zero attached hydrogens (tertiary/aromatic N) is 4. The van der Waals surface area contributed by atoms with Crippen molar-refractivity contribution in [2.75, 3.05) is 14.2 Å². The molecule has 1 unspecified atom stereocenters. The summed E-state index contributed by atoms with van der Waals surface area (Å²) in [5.41, 5.74) is 1.17. The van der Waals surface area contributed by atoms with E-state index in [-0.39, 0.29) is 11.3 Å². The Balaban J connectivity index is 1.74. The van der Waals surface area contributed by atoms with E-state index in [0.29, 0.717) is 39.9 Å². The molecule has 0 fully saturated rings. The number of thioether (sulfide) groups is 1. The van der Waals surface area contributed by atoms with Gasteiger partial charge in [-0.15, -0.1) is 10.2 Å². The minimum Gasteiger partial charge on any atom is -0.493 e. The SMILES string of the molecule is CCCCn1c(=O)c2ccccc2n2c(SC(C)C(=O)c3ccc(OC)c(OC)c3)nnc12. The maximum Gasteiger partial charge on any atom is 0.262 e. The average Bonchev–Trinajstić information content (AvgIpc) is 3.26. The zero-order valence-electron chi connectivity index (χ0n) is 19.1. The Kier molecular flexibility index (Phi) is 6.69. The van der Waals surface area contributed by atoms with Gasteiger partial charge in [-0.1, -0.05) is 37.2 Å². The maximum absolute atomic E-state index is 13.2. The van der Waals surface area contributed by atoms with Crippen molar-refractivity contribution in [2.45, 2.75) is 43.6 Å². The number of ketones is 1. The molecule has 0 bridgehead atoms. The number of fused-ring (bicyclic) bond motifs is 3. The smallest absolute Gasteiger partial charge is 0.262 e. The van der Waals surface area contributed by atoms with Gasteiger partial charge in [0.05, 0.1) is 30.4 Å². The van der Waals surface area contributed by atoms with E-state index in [2.05, 4.69) is 17.1 Å². The van der Waals surface area contributed by atoms with Gasteiger partial charge in [0, 0.05) is 12.1 Å². The van der Waals surface area contributed by atoms with Crippen LogP contribution in [-0.2, 0) is 6.54 Å². The molecule has 33 heavy (non-hydrogen) atoms. The first kappa shape index (κ1) is 22.8. The molecular weight excluding hydrogens is 440 g/mol. The van der Waals surface area contributed by atoms with Crippen molar-refractivity contribution in [3.8, 4) is 11.5 Å². The summed E-state index contributed by atoms with van der Waals surface area (Å²) in [6, 6.07) is 12.5. The van der Waals surface area contributed by atoms with Crippen molar-refractivity contribution in [3.05, 3.63) is 58.4 Å². The van der Waals surface area contributed by atoms with Gasteiger partial charge in [0.2, 0.25) is 5.78 Å². The third-order valence-corrected chi connectivity index (χ3v) is 6.58. The molecule has 0 saturated heterocycles. The summed E-state index contributed by atoms with van der Waals surface area (Å²) in [6.07, 6.45) is 1.81. The van der Waals surface area contributed by atoms with Crippen LogP contribution in [0.5, 0.6) is 11.5 Å². The molecule has 0 aliphatic rings. The van der Waals surface area contributed by atoms with E-state index >= 15 is 0 Å². The summed E-state index contributed by atoms with van der Waals surface area (Å²) in [7, 11) is 3.09. The van der Waals surface area contributed by atoms with Crippen LogP contribution in [0.15, 0.2) is 52.4 Å². The first-order chi connectivity index (χ1) is 16.0. The molecule has 0 spiro atoms. The molecule has 2 heterocycles. The Morgan fingerprint density at radius 1 is 1.09 bits per heavy atom. The normalized spacial score (nSPS) is 12.2. The van der Waals surface area contributed by atoms with E-state index in [1.807, 2.05) is 35.6 Å². The van der Waals surface area contributed by atoms with Crippen LogP contribution in [0, 0.1) is 0 Å². The number of benzene rings is 2. The fourth-order valence-corrected chi connectivity index (χ4v) is 4.70. The van der Waals surface area contributed by atoms with Gasteiger partial charge in [0.1, 0.15) is 0 Å². The number of para-hydroxylation sites is 1. The molecule has 4 aromatic rings. The summed E-state index contributed by atoms with van der Waals surface area (Å²) < 4.78 is 14.1. The van der Waals surface area contributed by atoms with Crippen LogP contribution >= 0.6 is 11.8 Å². The monoisotopic (exact) mass is 466 g/mol. The van der Waals surface area contributed by atoms with Crippen molar-refractivity contribution < 1.29 is 14.3 Å². The first-order valence-corrected chi connectivity index (χ1v) is 11.7. The Bertz CT molecular complexity index is 1380. The highest BCUT2D eigenvalue weighted by Gasteiger charge is 2.23. The van der Waals surface area contributed by atoms with Gasteiger partial charge in [0.15, 0.2) is 22.4 Å². The minimum atomic E-state index is -0.440. The van der Waals surface area contributed by atoms with Crippen molar-refractivity contribution in [1.29, 1.82) is 0 Å². The molecule has 0 radical (unpaired) electrons. The lowest BCUT2D eigenvalue weighted by molar-refractivity contribution is 0.0993. The molecule has 1 atom stereocenters. The van der Waals surface area contributed by atoms with E-state index in [0.717, 1.165) is 18.4 Å². The van der Waals surface area contributed by atoms with Crippen molar-refractivity contribution in [1.82, 2.24) is 19.2 Å². The van der Waals surface area contributed by atoms with Crippen LogP contribution in [0.4, 0.5) is 0 Å². The number of aromatic nitrogens is 4. The third-order valence-electron chi connectivity index (χ3n) is 5.53. The molecule has 0 amide bonds. The zero-order valence-corrected chi connectivity index (χ0v) is 19.9. The largest absolute Gasteiger partial charge is 0.493 e. The number of methoxy groups -OCH3 is 2. The van der Waals surface area contributed by atoms with Gasteiger partial charge < -0.3 is 9.47 Å². The highest BCUT2D eigenvalue weighted by atomic mass is 32.2. The lowest BCUT2D eigenvalue weighted by atomic mass is 10.1. The van der Waals surface area contributed by atoms with Gasteiger partial charge in [-0.05, 0) is 43.7 Å². The van der Waals surface area contributed by atoms with Crippen molar-refractivity contribution >= 4 is 34.2 Å². The molecule has 8 nitrogen and oxygen atoms in total. The Morgan fingerprint density at radius 2 is 1.85 bits per heavy atom. The van der Waals surface area contributed by atoms with E-state index in [1.165, 1.54) is 18.9 Å². The van der Waals surface area contributed by atoms with Crippen LogP contribution in [0.25, 0.3) is 16.7 Å². The number of Topliss-reactive ketones (excluding diaryl/α,β-unsaturated/α-hetero) is 1. The molecule has 2 aromatic carbocycles. The molecule has 9 heteroatoms. The van der Waals surface area contributed by atoms with Gasteiger partial charge in [-0.3, -0.25) is 18.6 Å². The predicted octanol–water partition coefficient (Wildman–Crippen LogP) is 4.23. The summed E-state index contributed by atoms with van der Waals surface area (Å²) in [4.78, 5) is 26.3. The fourth-order valence-electron chi connectivity index (χ4n) is 3.76. The second-order valence-electron chi connectivity index (χ2n) is 7.64. The van der Waals surface area contributed by atoms with E-state index in [4.69, 9.17) is 9.47 Å². The molecule has 0 N–H and O–H groups in total. The zero-order chi connectivity index (χ0) is 23.5. The lowest BCUT2D eigenvalue weighted by Crippen LogP contribution is -2.23. The standard InChI is InChI=1S/C24H26N4O4S/c1-5-6-13-27-22(30)17-9-7-8-10-18(17)28-23(27)25-26-24(28)33-15(2)21(29)16-11-12-19(31-3)20(14-16)32-4/h7-12,14-15H,5-6,13H2,1-4H3. The topological polar surface area (TPSA) is 87.7 Å². The summed E-state index contributed by atoms with van der Waals surface area (Å²) in [5.74, 6) is 1.48. The van der Waals surface area contributed by atoms with Crippen molar-refractivity contribution in [3.63, 3.8) is 0 Å². The van der Waals surface area contributed by atoms with Crippen LogP contribution in [0.2, 0.25) is 0 Å². The van der Waals surface area contributed by atoms with Gasteiger partial charge >= 0.3 is 0 Å². The number of unbranched alkanes of at least 4 members (excludes halogenated alkanes) is 1. The summed E-state index contributed by atoms with van der Waals surface area (Å²) in [5, 5.41) is 9.40. The Hall–Kier alpha value is -3.33. The number of hydrogen-bond donors (Lipinski definition) is 0. The number of rotatable bonds is 9. The van der Waals surface area contributed by atoms with Crippen LogP contribution < -0.4 is 15.0 Å². The predicted molar refractivity (Wildman–Crippen MR) is 129 cm³/mol. The molecule has 4 rings (SSSR count). The highest BCUT2D eigenvalue weighted by molar-refractivity contribution is 8.00. The van der Waals surface area contributed by atoms with Crippen LogP contribution in [0.3, 0.4) is 0 Å². The minimum absolute atomic E-state index is 0.0682. The second-order valence-corrected chi connectivity index (χ2v) is 8.95. The van der Waals surface area contributed by atoms with E-state index in [1.54, 1.807) is 29.9 Å². The number of ether oxygens (including phenoxy) is 2. The van der Waals surface area contributed by atoms with Gasteiger partial charge in [-0.2, -0.15) is 0 Å². The van der Waals surface area contributed by atoms with Crippen LogP contribution in [-0.4, -0.2) is 44.4 Å². The Morgan fingerprint density at radius 3 is 2.58 bits per heavy atom. The maximum atomic E-state index is 13.2. The first-order valence-electron chi connectivity index (χ1n) is 10.8.